The van der Waals surface area contributed by atoms with Gasteiger partial charge in [0.2, 0.25) is 5.82 Å². The predicted octanol–water partition coefficient (Wildman–Crippen LogP) is 11.4. The molecule has 0 saturated heterocycles. The Morgan fingerprint density at radius 1 is 0.600 bits per heavy atom. The van der Waals surface area contributed by atoms with Gasteiger partial charge in [0.15, 0.2) is 23.2 Å². The van der Waals surface area contributed by atoms with Crippen molar-refractivity contribution in [2.45, 2.75) is 96.8 Å². The van der Waals surface area contributed by atoms with Gasteiger partial charge < -0.3 is 4.74 Å². The molecule has 0 atom stereocenters. The quantitative estimate of drug-likeness (QED) is 0.151. The molecule has 5 heteroatoms. The molecule has 3 aromatic rings. The maximum Gasteiger partial charge on any atom is 0.201 e. The summed E-state index contributed by atoms with van der Waals surface area (Å²) in [7, 11) is 0. The summed E-state index contributed by atoms with van der Waals surface area (Å²) in [5, 5.41) is 0. The largest absolute Gasteiger partial charge is 0.490 e. The predicted molar refractivity (Wildman–Crippen MR) is 156 cm³/mol. The van der Waals surface area contributed by atoms with Gasteiger partial charge in [-0.3, -0.25) is 0 Å². The molecule has 1 aliphatic carbocycles. The minimum Gasteiger partial charge on any atom is -0.490 e. The van der Waals surface area contributed by atoms with Gasteiger partial charge in [0.05, 0.1) is 6.61 Å². The summed E-state index contributed by atoms with van der Waals surface area (Å²) in [6.45, 7) is 4.69. The van der Waals surface area contributed by atoms with E-state index in [1.165, 1.54) is 37.8 Å². The van der Waals surface area contributed by atoms with E-state index in [0.29, 0.717) is 29.2 Å². The summed E-state index contributed by atoms with van der Waals surface area (Å²) in [5.41, 5.74) is 1.65. The van der Waals surface area contributed by atoms with Crippen molar-refractivity contribution in [2.75, 3.05) is 6.61 Å². The van der Waals surface area contributed by atoms with Crippen LogP contribution in [0.1, 0.15) is 102 Å². The lowest BCUT2D eigenvalue weighted by Gasteiger charge is -2.29. The second kappa shape index (κ2) is 14.7. The Balaban J connectivity index is 1.42. The van der Waals surface area contributed by atoms with Gasteiger partial charge in [-0.1, -0.05) is 95.2 Å². The summed E-state index contributed by atoms with van der Waals surface area (Å²) in [4.78, 5) is 0. The fraction of sp³-hybridized carbons (Fsp3) is 0.486. The first kappa shape index (κ1) is 30.1. The van der Waals surface area contributed by atoms with E-state index in [0.717, 1.165) is 51.4 Å². The van der Waals surface area contributed by atoms with Crippen molar-refractivity contribution in [2.24, 2.45) is 5.92 Å². The van der Waals surface area contributed by atoms with E-state index in [4.69, 9.17) is 4.74 Å². The van der Waals surface area contributed by atoms with Crippen molar-refractivity contribution >= 4 is 0 Å². The Morgan fingerprint density at radius 2 is 1.18 bits per heavy atom. The van der Waals surface area contributed by atoms with E-state index < -0.39 is 23.3 Å². The Hall–Kier alpha value is -2.82. The molecule has 40 heavy (non-hydrogen) atoms. The first-order chi connectivity index (χ1) is 19.4. The molecule has 0 heterocycles. The second-order valence-corrected chi connectivity index (χ2v) is 11.3. The Morgan fingerprint density at radius 3 is 1.80 bits per heavy atom. The maximum atomic E-state index is 15.2. The second-order valence-electron chi connectivity index (χ2n) is 11.3. The zero-order valence-electron chi connectivity index (χ0n) is 23.9. The van der Waals surface area contributed by atoms with Gasteiger partial charge in [0.1, 0.15) is 0 Å². The summed E-state index contributed by atoms with van der Waals surface area (Å²) in [5.74, 6) is -2.98. The Bertz CT molecular complexity index is 1230. The third-order valence-corrected chi connectivity index (χ3v) is 8.40. The normalized spacial score (nSPS) is 17.2. The number of unbranched alkanes of at least 4 members (excludes halogenated alkanes) is 5. The number of hydrogen-bond acceptors (Lipinski definition) is 1. The SMILES string of the molecule is CCCCCCCCOc1ccc(-c2ccc(-c3ccc(C4CCC(CCC)CC4)c(F)c3F)cc2)c(F)c1F. The molecule has 0 N–H and O–H groups in total. The van der Waals surface area contributed by atoms with E-state index >= 15 is 8.78 Å². The van der Waals surface area contributed by atoms with Gasteiger partial charge in [-0.25, -0.2) is 13.2 Å². The van der Waals surface area contributed by atoms with Crippen LogP contribution in [0.25, 0.3) is 22.3 Å². The summed E-state index contributed by atoms with van der Waals surface area (Å²) in [6, 6.07) is 12.7. The van der Waals surface area contributed by atoms with Crippen molar-refractivity contribution in [3.05, 3.63) is 77.4 Å². The number of benzene rings is 3. The molecule has 3 aromatic carbocycles. The third kappa shape index (κ3) is 7.27. The number of ether oxygens (including phenoxy) is 1. The van der Waals surface area contributed by atoms with Crippen molar-refractivity contribution in [3.63, 3.8) is 0 Å². The van der Waals surface area contributed by atoms with Gasteiger partial charge in [0.25, 0.3) is 0 Å². The average molecular weight is 555 g/mol. The van der Waals surface area contributed by atoms with Crippen molar-refractivity contribution in [3.8, 4) is 28.0 Å². The van der Waals surface area contributed by atoms with Gasteiger partial charge in [0, 0.05) is 11.1 Å². The highest BCUT2D eigenvalue weighted by Crippen LogP contribution is 2.40. The van der Waals surface area contributed by atoms with Crippen molar-refractivity contribution in [1.29, 1.82) is 0 Å². The molecule has 0 aliphatic heterocycles. The highest BCUT2D eigenvalue weighted by Gasteiger charge is 2.26. The molecule has 0 aromatic heterocycles. The first-order valence-corrected chi connectivity index (χ1v) is 15.1. The molecule has 1 saturated carbocycles. The number of rotatable bonds is 13. The molecule has 0 amide bonds. The van der Waals surface area contributed by atoms with Crippen LogP contribution in [0.4, 0.5) is 17.6 Å². The van der Waals surface area contributed by atoms with Crippen LogP contribution in [0.5, 0.6) is 5.75 Å². The zero-order valence-corrected chi connectivity index (χ0v) is 23.9. The molecule has 1 aliphatic rings. The van der Waals surface area contributed by atoms with Gasteiger partial charge in [-0.05, 0) is 72.8 Å². The molecule has 1 fully saturated rings. The van der Waals surface area contributed by atoms with Gasteiger partial charge >= 0.3 is 0 Å². The molecular formula is C35H42F4O. The van der Waals surface area contributed by atoms with Crippen LogP contribution in [0, 0.1) is 29.2 Å². The van der Waals surface area contributed by atoms with E-state index in [9.17, 15) is 8.78 Å². The first-order valence-electron chi connectivity index (χ1n) is 15.1. The lowest BCUT2D eigenvalue weighted by Crippen LogP contribution is -2.14. The van der Waals surface area contributed by atoms with E-state index in [1.54, 1.807) is 36.4 Å². The van der Waals surface area contributed by atoms with Crippen LogP contribution < -0.4 is 4.74 Å². The average Bonchev–Trinajstić information content (AvgIpc) is 2.97. The zero-order chi connectivity index (χ0) is 28.5. The van der Waals surface area contributed by atoms with Crippen LogP contribution in [0.15, 0.2) is 48.5 Å². The molecule has 0 bridgehead atoms. The Kier molecular flexibility index (Phi) is 11.1. The lowest BCUT2D eigenvalue weighted by molar-refractivity contribution is 0.285. The van der Waals surface area contributed by atoms with Crippen LogP contribution in [0.2, 0.25) is 0 Å². The minimum atomic E-state index is -1.01. The fourth-order valence-electron chi connectivity index (χ4n) is 6.03. The van der Waals surface area contributed by atoms with Crippen LogP contribution in [-0.4, -0.2) is 6.61 Å². The van der Waals surface area contributed by atoms with E-state index in [-0.39, 0.29) is 22.8 Å². The van der Waals surface area contributed by atoms with Gasteiger partial charge in [-0.2, -0.15) is 4.39 Å². The lowest BCUT2D eigenvalue weighted by atomic mass is 9.77. The van der Waals surface area contributed by atoms with Crippen molar-refractivity contribution < 1.29 is 22.3 Å². The highest BCUT2D eigenvalue weighted by atomic mass is 19.2. The van der Waals surface area contributed by atoms with E-state index in [2.05, 4.69) is 13.8 Å². The van der Waals surface area contributed by atoms with E-state index in [1.807, 2.05) is 0 Å². The standard InChI is InChI=1S/C35H42F4O/c1-3-5-6-7-8-9-23-40-31-22-21-30(34(38)35(31)39)27-17-15-26(16-18-27)29-20-19-28(32(36)33(29)37)25-13-11-24(10-4-2)12-14-25/h15-22,24-25H,3-14,23H2,1-2H3. The molecule has 0 unspecified atom stereocenters. The molecule has 216 valence electrons. The number of hydrogen-bond donors (Lipinski definition) is 0. The molecule has 0 spiro atoms. The highest BCUT2D eigenvalue weighted by molar-refractivity contribution is 5.72. The maximum absolute atomic E-state index is 15.2. The summed E-state index contributed by atoms with van der Waals surface area (Å²) < 4.78 is 65.5. The minimum absolute atomic E-state index is 0.0506. The smallest absolute Gasteiger partial charge is 0.201 e. The van der Waals surface area contributed by atoms with Crippen LogP contribution in [0.3, 0.4) is 0 Å². The number of halogens is 4. The molecule has 0 radical (unpaired) electrons. The molecular weight excluding hydrogens is 512 g/mol. The molecule has 4 rings (SSSR count). The van der Waals surface area contributed by atoms with Gasteiger partial charge in [-0.15, -0.1) is 0 Å². The Labute approximate surface area is 237 Å². The summed E-state index contributed by atoms with van der Waals surface area (Å²) in [6.07, 6.45) is 12.7. The van der Waals surface area contributed by atoms with Crippen LogP contribution in [-0.2, 0) is 0 Å². The monoisotopic (exact) mass is 554 g/mol. The fourth-order valence-corrected chi connectivity index (χ4v) is 6.03. The summed E-state index contributed by atoms with van der Waals surface area (Å²) >= 11 is 0. The molecule has 1 nitrogen and oxygen atoms in total. The van der Waals surface area contributed by atoms with Crippen molar-refractivity contribution in [1.82, 2.24) is 0 Å². The topological polar surface area (TPSA) is 9.23 Å². The van der Waals surface area contributed by atoms with Crippen LogP contribution >= 0.6 is 0 Å². The third-order valence-electron chi connectivity index (χ3n) is 8.40.